The fourth-order valence-electron chi connectivity index (χ4n) is 2.91. The summed E-state index contributed by atoms with van der Waals surface area (Å²) in [5.74, 6) is 1.70. The third-order valence-corrected chi connectivity index (χ3v) is 6.79. The van der Waals surface area contributed by atoms with Crippen molar-refractivity contribution in [3.05, 3.63) is 23.7 Å². The third-order valence-electron chi connectivity index (χ3n) is 4.15. The second-order valence-corrected chi connectivity index (χ2v) is 9.34. The quantitative estimate of drug-likeness (QED) is 0.495. The Morgan fingerprint density at radius 1 is 1.33 bits per heavy atom. The Labute approximate surface area is 150 Å². The van der Waals surface area contributed by atoms with E-state index in [4.69, 9.17) is 9.72 Å². The molecule has 4 heterocycles. The number of fused-ring (bicyclic) bond motifs is 4. The SMILES string of the molecule is CC(C)CSc1ncnc2c1sc1nc3c(cc12)COC(C)(C)C3. The summed E-state index contributed by atoms with van der Waals surface area (Å²) in [6.45, 7) is 9.34. The van der Waals surface area contributed by atoms with Gasteiger partial charge in [0.15, 0.2) is 0 Å². The fraction of sp³-hybridized carbons (Fsp3) is 0.500. The highest BCUT2D eigenvalue weighted by Gasteiger charge is 2.28. The van der Waals surface area contributed by atoms with E-state index in [0.29, 0.717) is 12.5 Å². The maximum absolute atomic E-state index is 5.94. The first-order valence-corrected chi connectivity index (χ1v) is 10.1. The number of ether oxygens (including phenoxy) is 1. The Kier molecular flexibility index (Phi) is 4.01. The Hall–Kier alpha value is -1.24. The highest BCUT2D eigenvalue weighted by molar-refractivity contribution is 7.99. The molecule has 3 aromatic rings. The first kappa shape index (κ1) is 16.2. The molecule has 4 rings (SSSR count). The number of rotatable bonds is 3. The summed E-state index contributed by atoms with van der Waals surface area (Å²) in [5.41, 5.74) is 3.24. The number of hydrogen-bond acceptors (Lipinski definition) is 6. The lowest BCUT2D eigenvalue weighted by Crippen LogP contribution is -2.32. The summed E-state index contributed by atoms with van der Waals surface area (Å²) in [7, 11) is 0. The van der Waals surface area contributed by atoms with Gasteiger partial charge in [-0.3, -0.25) is 0 Å². The van der Waals surface area contributed by atoms with Gasteiger partial charge in [0.2, 0.25) is 0 Å². The monoisotopic (exact) mass is 359 g/mol. The standard InChI is InChI=1S/C18H21N3OS2/c1-10(2)8-23-17-15-14(19-9-20-17)12-5-11-7-22-18(3,4)6-13(11)21-16(12)24-15/h5,9-10H,6-8H2,1-4H3. The Morgan fingerprint density at radius 2 is 2.17 bits per heavy atom. The smallest absolute Gasteiger partial charge is 0.126 e. The molecule has 0 spiro atoms. The summed E-state index contributed by atoms with van der Waals surface area (Å²) >= 11 is 3.53. The Balaban J connectivity index is 1.84. The first-order valence-electron chi connectivity index (χ1n) is 8.26. The third kappa shape index (κ3) is 2.91. The summed E-state index contributed by atoms with van der Waals surface area (Å²) in [4.78, 5) is 15.1. The largest absolute Gasteiger partial charge is 0.370 e. The van der Waals surface area contributed by atoms with Gasteiger partial charge in [-0.2, -0.15) is 0 Å². The molecule has 0 saturated carbocycles. The summed E-state index contributed by atoms with van der Waals surface area (Å²) < 4.78 is 7.10. The lowest BCUT2D eigenvalue weighted by atomic mass is 9.95. The van der Waals surface area contributed by atoms with Crippen molar-refractivity contribution in [2.45, 2.75) is 51.3 Å². The van der Waals surface area contributed by atoms with Crippen molar-refractivity contribution in [2.24, 2.45) is 5.92 Å². The lowest BCUT2D eigenvalue weighted by molar-refractivity contribution is -0.0411. The average Bonchev–Trinajstić information content (AvgIpc) is 2.88. The van der Waals surface area contributed by atoms with E-state index in [1.54, 1.807) is 17.7 Å². The topological polar surface area (TPSA) is 47.9 Å². The number of hydrogen-bond donors (Lipinski definition) is 0. The molecule has 0 bridgehead atoms. The molecule has 4 nitrogen and oxygen atoms in total. The number of thiophene rings is 1. The minimum absolute atomic E-state index is 0.136. The number of nitrogens with zero attached hydrogens (tertiary/aromatic N) is 3. The molecule has 0 unspecified atom stereocenters. The zero-order valence-corrected chi connectivity index (χ0v) is 16.1. The second-order valence-electron chi connectivity index (χ2n) is 7.34. The Bertz CT molecular complexity index is 917. The van der Waals surface area contributed by atoms with Gasteiger partial charge in [0.05, 0.1) is 28.1 Å². The minimum atomic E-state index is -0.136. The van der Waals surface area contributed by atoms with Crippen LogP contribution >= 0.6 is 23.1 Å². The predicted octanol–water partition coefficient (Wildman–Crippen LogP) is 4.84. The zero-order chi connectivity index (χ0) is 16.9. The van der Waals surface area contributed by atoms with Crippen LogP contribution in [0.3, 0.4) is 0 Å². The van der Waals surface area contributed by atoms with E-state index in [0.717, 1.165) is 43.3 Å². The molecule has 0 saturated heterocycles. The number of aromatic nitrogens is 3. The van der Waals surface area contributed by atoms with E-state index < -0.39 is 0 Å². The minimum Gasteiger partial charge on any atom is -0.370 e. The predicted molar refractivity (Wildman–Crippen MR) is 101 cm³/mol. The molecule has 0 N–H and O–H groups in total. The zero-order valence-electron chi connectivity index (χ0n) is 14.4. The molecule has 1 aliphatic heterocycles. The maximum Gasteiger partial charge on any atom is 0.126 e. The molecular formula is C18H21N3OS2. The number of thioether (sulfide) groups is 1. The van der Waals surface area contributed by atoms with Gasteiger partial charge in [0.1, 0.15) is 16.2 Å². The molecule has 0 fully saturated rings. The van der Waals surface area contributed by atoms with Crippen molar-refractivity contribution in [1.82, 2.24) is 15.0 Å². The van der Waals surface area contributed by atoms with Gasteiger partial charge >= 0.3 is 0 Å². The highest BCUT2D eigenvalue weighted by Crippen LogP contribution is 2.39. The molecule has 3 aromatic heterocycles. The molecule has 1 aliphatic rings. The molecule has 6 heteroatoms. The van der Waals surface area contributed by atoms with Gasteiger partial charge < -0.3 is 4.74 Å². The Morgan fingerprint density at radius 3 is 2.96 bits per heavy atom. The van der Waals surface area contributed by atoms with E-state index in [2.05, 4.69) is 43.7 Å². The van der Waals surface area contributed by atoms with Crippen molar-refractivity contribution in [3.8, 4) is 0 Å². The molecule has 0 amide bonds. The van der Waals surface area contributed by atoms with Crippen LogP contribution in [0.15, 0.2) is 17.4 Å². The van der Waals surface area contributed by atoms with E-state index in [9.17, 15) is 0 Å². The molecule has 126 valence electrons. The first-order chi connectivity index (χ1) is 11.4. The normalized spacial score (nSPS) is 16.9. The van der Waals surface area contributed by atoms with Crippen LogP contribution in [0.5, 0.6) is 0 Å². The van der Waals surface area contributed by atoms with E-state index in [1.807, 2.05) is 11.8 Å². The maximum atomic E-state index is 5.94. The molecule has 0 aliphatic carbocycles. The van der Waals surface area contributed by atoms with Crippen molar-refractivity contribution in [1.29, 1.82) is 0 Å². The number of pyridine rings is 1. The van der Waals surface area contributed by atoms with Gasteiger partial charge in [0, 0.05) is 23.1 Å². The van der Waals surface area contributed by atoms with Crippen molar-refractivity contribution in [3.63, 3.8) is 0 Å². The van der Waals surface area contributed by atoms with E-state index in [1.165, 1.54) is 5.56 Å². The van der Waals surface area contributed by atoms with Crippen LogP contribution in [0.2, 0.25) is 0 Å². The van der Waals surface area contributed by atoms with Crippen LogP contribution in [0.4, 0.5) is 0 Å². The second kappa shape index (κ2) is 5.93. The molecular weight excluding hydrogens is 338 g/mol. The van der Waals surface area contributed by atoms with Gasteiger partial charge in [-0.1, -0.05) is 13.8 Å². The summed E-state index contributed by atoms with van der Waals surface area (Å²) in [5, 5.41) is 2.21. The van der Waals surface area contributed by atoms with Crippen molar-refractivity contribution < 1.29 is 4.74 Å². The van der Waals surface area contributed by atoms with Gasteiger partial charge in [0.25, 0.3) is 0 Å². The lowest BCUT2D eigenvalue weighted by Gasteiger charge is -2.30. The van der Waals surface area contributed by atoms with E-state index in [-0.39, 0.29) is 5.60 Å². The molecule has 24 heavy (non-hydrogen) atoms. The summed E-state index contributed by atoms with van der Waals surface area (Å²) in [6.07, 6.45) is 2.53. The van der Waals surface area contributed by atoms with Gasteiger partial charge in [-0.25, -0.2) is 15.0 Å². The van der Waals surface area contributed by atoms with Crippen LogP contribution in [-0.4, -0.2) is 26.3 Å². The van der Waals surface area contributed by atoms with Crippen LogP contribution in [-0.2, 0) is 17.8 Å². The molecule has 0 atom stereocenters. The molecule has 0 radical (unpaired) electrons. The average molecular weight is 360 g/mol. The van der Waals surface area contributed by atoms with Crippen LogP contribution in [0.25, 0.3) is 20.4 Å². The van der Waals surface area contributed by atoms with E-state index >= 15 is 0 Å². The van der Waals surface area contributed by atoms with Gasteiger partial charge in [-0.05, 0) is 25.8 Å². The highest BCUT2D eigenvalue weighted by atomic mass is 32.2. The van der Waals surface area contributed by atoms with Gasteiger partial charge in [-0.15, -0.1) is 23.1 Å². The van der Waals surface area contributed by atoms with Crippen LogP contribution < -0.4 is 0 Å². The molecule has 0 aromatic carbocycles. The fourth-order valence-corrected chi connectivity index (χ4v) is 5.07. The summed E-state index contributed by atoms with van der Waals surface area (Å²) in [6, 6.07) is 2.22. The van der Waals surface area contributed by atoms with Crippen LogP contribution in [0.1, 0.15) is 39.0 Å². The van der Waals surface area contributed by atoms with Crippen LogP contribution in [0, 0.1) is 5.92 Å². The van der Waals surface area contributed by atoms with Crippen molar-refractivity contribution >= 4 is 43.5 Å². The van der Waals surface area contributed by atoms with Crippen molar-refractivity contribution in [2.75, 3.05) is 5.75 Å².